The van der Waals surface area contributed by atoms with Crippen molar-refractivity contribution >= 4 is 29.5 Å². The number of nitrogens with two attached hydrogens (primary N) is 1. The molecule has 0 fully saturated rings. The lowest BCUT2D eigenvalue weighted by molar-refractivity contribution is -0.122. The summed E-state index contributed by atoms with van der Waals surface area (Å²) in [5.41, 5.74) is 9.74. The van der Waals surface area contributed by atoms with Crippen molar-refractivity contribution in [1.82, 2.24) is 15.1 Å². The standard InChI is InChI=1S/C25H26ClFN4O2/c1-16-22(17(2)31(30-16)15-19-5-3-4-6-23(19)26)11-12-24(32)29-14-20(25(28)33)13-18-7-9-21(27)10-8-18/h3-12,20H,13-15H2,1-2H3,(H2,28,33)(H,29,32)/b12-11+. The van der Waals surface area contributed by atoms with Crippen molar-refractivity contribution in [2.24, 2.45) is 11.7 Å². The number of nitrogens with one attached hydrogen (secondary N) is 1. The highest BCUT2D eigenvalue weighted by atomic mass is 35.5. The Balaban J connectivity index is 1.62. The Morgan fingerprint density at radius 3 is 2.55 bits per heavy atom. The van der Waals surface area contributed by atoms with Crippen LogP contribution in [0, 0.1) is 25.6 Å². The Hall–Kier alpha value is -3.45. The number of hydrogen-bond donors (Lipinski definition) is 2. The fraction of sp³-hybridized carbons (Fsp3) is 0.240. The van der Waals surface area contributed by atoms with Gasteiger partial charge < -0.3 is 11.1 Å². The van der Waals surface area contributed by atoms with Gasteiger partial charge in [0.25, 0.3) is 0 Å². The van der Waals surface area contributed by atoms with Crippen LogP contribution in [0.3, 0.4) is 0 Å². The molecule has 0 aliphatic rings. The van der Waals surface area contributed by atoms with E-state index in [0.29, 0.717) is 18.0 Å². The molecule has 0 spiro atoms. The summed E-state index contributed by atoms with van der Waals surface area (Å²) in [6, 6.07) is 13.4. The van der Waals surface area contributed by atoms with Crippen molar-refractivity contribution < 1.29 is 14.0 Å². The molecule has 3 N–H and O–H groups in total. The zero-order chi connectivity index (χ0) is 24.0. The van der Waals surface area contributed by atoms with E-state index in [1.807, 2.05) is 42.8 Å². The lowest BCUT2D eigenvalue weighted by Crippen LogP contribution is -2.36. The molecular weight excluding hydrogens is 443 g/mol. The van der Waals surface area contributed by atoms with Crippen LogP contribution in [-0.4, -0.2) is 28.1 Å². The van der Waals surface area contributed by atoms with Gasteiger partial charge in [-0.25, -0.2) is 4.39 Å². The predicted molar refractivity (Wildman–Crippen MR) is 127 cm³/mol. The average Bonchev–Trinajstić information content (AvgIpc) is 3.04. The molecule has 3 rings (SSSR count). The molecular formula is C25H26ClFN4O2. The number of carbonyl (C=O) groups is 2. The van der Waals surface area contributed by atoms with Crippen LogP contribution in [-0.2, 0) is 22.6 Å². The maximum Gasteiger partial charge on any atom is 0.244 e. The second-order valence-electron chi connectivity index (χ2n) is 7.84. The van der Waals surface area contributed by atoms with E-state index in [1.54, 1.807) is 18.2 Å². The summed E-state index contributed by atoms with van der Waals surface area (Å²) in [5, 5.41) is 7.95. The maximum atomic E-state index is 13.1. The second-order valence-corrected chi connectivity index (χ2v) is 8.25. The largest absolute Gasteiger partial charge is 0.369 e. The molecule has 0 aliphatic carbocycles. The van der Waals surface area contributed by atoms with E-state index in [1.165, 1.54) is 18.2 Å². The van der Waals surface area contributed by atoms with Crippen LogP contribution >= 0.6 is 11.6 Å². The molecule has 172 valence electrons. The van der Waals surface area contributed by atoms with Crippen LogP contribution < -0.4 is 11.1 Å². The summed E-state index contributed by atoms with van der Waals surface area (Å²) in [5.74, 6) is -1.84. The number of amides is 2. The van der Waals surface area contributed by atoms with Crippen molar-refractivity contribution in [2.45, 2.75) is 26.8 Å². The number of hydrogen-bond acceptors (Lipinski definition) is 3. The first-order valence-electron chi connectivity index (χ1n) is 10.5. The third kappa shape index (κ3) is 6.52. The molecule has 0 saturated heterocycles. The Labute approximate surface area is 197 Å². The summed E-state index contributed by atoms with van der Waals surface area (Å²) in [6.07, 6.45) is 3.43. The van der Waals surface area contributed by atoms with Gasteiger partial charge in [-0.3, -0.25) is 14.3 Å². The van der Waals surface area contributed by atoms with Crippen molar-refractivity contribution in [3.05, 3.63) is 93.5 Å². The molecule has 1 heterocycles. The summed E-state index contributed by atoms with van der Waals surface area (Å²) in [4.78, 5) is 24.1. The molecule has 0 radical (unpaired) electrons. The quantitative estimate of drug-likeness (QED) is 0.468. The summed E-state index contributed by atoms with van der Waals surface area (Å²) in [6.45, 7) is 4.41. The van der Waals surface area contributed by atoms with Crippen molar-refractivity contribution in [1.29, 1.82) is 0 Å². The van der Waals surface area contributed by atoms with E-state index in [0.717, 1.165) is 28.1 Å². The number of halogens is 2. The minimum absolute atomic E-state index is 0.0830. The molecule has 0 saturated carbocycles. The highest BCUT2D eigenvalue weighted by Crippen LogP contribution is 2.20. The average molecular weight is 469 g/mol. The number of aromatic nitrogens is 2. The fourth-order valence-corrected chi connectivity index (χ4v) is 3.71. The number of nitrogens with zero attached hydrogens (tertiary/aromatic N) is 2. The molecule has 0 aliphatic heterocycles. The van der Waals surface area contributed by atoms with E-state index in [2.05, 4.69) is 10.4 Å². The number of rotatable bonds is 9. The summed E-state index contributed by atoms with van der Waals surface area (Å²) >= 11 is 6.26. The molecule has 33 heavy (non-hydrogen) atoms. The smallest absolute Gasteiger partial charge is 0.244 e. The lowest BCUT2D eigenvalue weighted by Gasteiger charge is -2.13. The Morgan fingerprint density at radius 1 is 1.18 bits per heavy atom. The molecule has 1 unspecified atom stereocenters. The Kier molecular flexibility index (Phi) is 8.01. The third-order valence-corrected chi connectivity index (χ3v) is 5.81. The van der Waals surface area contributed by atoms with Crippen LogP contribution in [0.4, 0.5) is 4.39 Å². The SMILES string of the molecule is Cc1nn(Cc2ccccc2Cl)c(C)c1/C=C/C(=O)NCC(Cc1ccc(F)cc1)C(N)=O. The van der Waals surface area contributed by atoms with Gasteiger partial charge in [-0.15, -0.1) is 0 Å². The van der Waals surface area contributed by atoms with E-state index >= 15 is 0 Å². The number of primary amides is 1. The van der Waals surface area contributed by atoms with Crippen molar-refractivity contribution in [3.8, 4) is 0 Å². The topological polar surface area (TPSA) is 90.0 Å². The van der Waals surface area contributed by atoms with E-state index in [9.17, 15) is 14.0 Å². The molecule has 6 nitrogen and oxygen atoms in total. The van der Waals surface area contributed by atoms with E-state index in [4.69, 9.17) is 17.3 Å². The predicted octanol–water partition coefficient (Wildman–Crippen LogP) is 3.81. The molecule has 8 heteroatoms. The molecule has 2 aromatic carbocycles. The molecule has 1 aromatic heterocycles. The number of carbonyl (C=O) groups excluding carboxylic acids is 2. The zero-order valence-electron chi connectivity index (χ0n) is 18.5. The van der Waals surface area contributed by atoms with Crippen LogP contribution in [0.1, 0.15) is 28.1 Å². The van der Waals surface area contributed by atoms with Gasteiger partial charge in [-0.1, -0.05) is 41.9 Å². The first-order valence-corrected chi connectivity index (χ1v) is 10.9. The third-order valence-electron chi connectivity index (χ3n) is 5.44. The monoisotopic (exact) mass is 468 g/mol. The molecule has 0 bridgehead atoms. The summed E-state index contributed by atoms with van der Waals surface area (Å²) < 4.78 is 14.9. The fourth-order valence-electron chi connectivity index (χ4n) is 3.51. The maximum absolute atomic E-state index is 13.1. The van der Waals surface area contributed by atoms with Gasteiger partial charge in [-0.05, 0) is 55.7 Å². The molecule has 3 aromatic rings. The second kappa shape index (κ2) is 10.9. The van der Waals surface area contributed by atoms with Gasteiger partial charge in [0.2, 0.25) is 11.8 Å². The highest BCUT2D eigenvalue weighted by Gasteiger charge is 2.17. The van der Waals surface area contributed by atoms with Crippen LogP contribution in [0.5, 0.6) is 0 Å². The minimum atomic E-state index is -0.602. The number of aryl methyl sites for hydroxylation is 1. The zero-order valence-corrected chi connectivity index (χ0v) is 19.3. The number of benzene rings is 2. The van der Waals surface area contributed by atoms with Crippen molar-refractivity contribution in [3.63, 3.8) is 0 Å². The molecule has 1 atom stereocenters. The van der Waals surface area contributed by atoms with Gasteiger partial charge in [0.15, 0.2) is 0 Å². The minimum Gasteiger partial charge on any atom is -0.369 e. The van der Waals surface area contributed by atoms with Gasteiger partial charge in [-0.2, -0.15) is 5.10 Å². The van der Waals surface area contributed by atoms with E-state index in [-0.39, 0.29) is 18.3 Å². The van der Waals surface area contributed by atoms with Gasteiger partial charge in [0, 0.05) is 28.9 Å². The van der Waals surface area contributed by atoms with Crippen molar-refractivity contribution in [2.75, 3.05) is 6.54 Å². The van der Waals surface area contributed by atoms with E-state index < -0.39 is 11.8 Å². The van der Waals surface area contributed by atoms with Gasteiger partial charge >= 0.3 is 0 Å². The van der Waals surface area contributed by atoms with Crippen LogP contribution in [0.15, 0.2) is 54.6 Å². The highest BCUT2D eigenvalue weighted by molar-refractivity contribution is 6.31. The summed E-state index contributed by atoms with van der Waals surface area (Å²) in [7, 11) is 0. The normalized spacial score (nSPS) is 12.1. The van der Waals surface area contributed by atoms with Crippen LogP contribution in [0.25, 0.3) is 6.08 Å². The Morgan fingerprint density at radius 2 is 1.88 bits per heavy atom. The van der Waals surface area contributed by atoms with Gasteiger partial charge in [0.1, 0.15) is 5.82 Å². The lowest BCUT2D eigenvalue weighted by atomic mass is 9.98. The van der Waals surface area contributed by atoms with Crippen LogP contribution in [0.2, 0.25) is 5.02 Å². The first kappa shape index (κ1) is 24.2. The first-order chi connectivity index (χ1) is 15.7. The Bertz CT molecular complexity index is 1170. The molecule has 2 amide bonds. The van der Waals surface area contributed by atoms with Gasteiger partial charge in [0.05, 0.1) is 18.2 Å².